The van der Waals surface area contributed by atoms with Crippen molar-refractivity contribution in [3.8, 4) is 5.88 Å². The van der Waals surface area contributed by atoms with Gasteiger partial charge in [0.05, 0.1) is 12.2 Å². The molecule has 0 unspecified atom stereocenters. The predicted molar refractivity (Wildman–Crippen MR) is 99.6 cm³/mol. The van der Waals surface area contributed by atoms with Gasteiger partial charge >= 0.3 is 12.3 Å². The maximum absolute atomic E-state index is 12.6. The highest BCUT2D eigenvalue weighted by Gasteiger charge is 2.32. The Balaban J connectivity index is 1.85. The number of amides is 1. The summed E-state index contributed by atoms with van der Waals surface area (Å²) in [4.78, 5) is 17.8. The minimum Gasteiger partial charge on any atom is -0.477 e. The molecule has 1 aromatic heterocycles. The zero-order chi connectivity index (χ0) is 20.9. The topological polar surface area (TPSA) is 51.7 Å². The molecule has 1 atom stereocenters. The third-order valence-corrected chi connectivity index (χ3v) is 4.58. The summed E-state index contributed by atoms with van der Waals surface area (Å²) in [7, 11) is 0. The van der Waals surface area contributed by atoms with Gasteiger partial charge in [-0.3, -0.25) is 0 Å². The summed E-state index contributed by atoms with van der Waals surface area (Å²) in [6.07, 6.45) is 0.0759. The minimum atomic E-state index is -4.50. The number of likely N-dealkylation sites (tertiary alicyclic amines) is 1. The highest BCUT2D eigenvalue weighted by molar-refractivity contribution is 6.31. The van der Waals surface area contributed by atoms with E-state index in [9.17, 15) is 18.0 Å². The fraction of sp³-hybridized carbons (Fsp3) is 0.684. The van der Waals surface area contributed by atoms with Gasteiger partial charge in [-0.25, -0.2) is 9.78 Å². The molecule has 2 heterocycles. The number of carbonyl (C=O) groups excluding carboxylic acids is 1. The molecule has 5 nitrogen and oxygen atoms in total. The molecule has 1 amide bonds. The number of ether oxygens (including phenoxy) is 2. The molecular formula is C19H26ClF3N2O3. The van der Waals surface area contributed by atoms with Crippen LogP contribution in [0.25, 0.3) is 0 Å². The summed E-state index contributed by atoms with van der Waals surface area (Å²) < 4.78 is 48.8. The molecule has 0 aliphatic carbocycles. The van der Waals surface area contributed by atoms with E-state index in [4.69, 9.17) is 21.1 Å². The molecule has 0 bridgehead atoms. The van der Waals surface area contributed by atoms with E-state index < -0.39 is 17.3 Å². The van der Waals surface area contributed by atoms with Gasteiger partial charge in [0.1, 0.15) is 10.6 Å². The minimum absolute atomic E-state index is 0.0256. The number of nitrogens with zero attached hydrogens (tertiary/aromatic N) is 2. The summed E-state index contributed by atoms with van der Waals surface area (Å²) in [6, 6.07) is 0.859. The van der Waals surface area contributed by atoms with Gasteiger partial charge in [-0.05, 0) is 58.9 Å². The van der Waals surface area contributed by atoms with Crippen LogP contribution in [0.3, 0.4) is 0 Å². The second kappa shape index (κ2) is 9.20. The molecule has 0 radical (unpaired) electrons. The fourth-order valence-corrected chi connectivity index (χ4v) is 3.26. The van der Waals surface area contributed by atoms with Crippen LogP contribution in [0, 0.1) is 0 Å². The van der Waals surface area contributed by atoms with Crippen LogP contribution < -0.4 is 4.74 Å². The normalized spacial score (nSPS) is 18.1. The van der Waals surface area contributed by atoms with Gasteiger partial charge < -0.3 is 14.4 Å². The number of pyridine rings is 1. The van der Waals surface area contributed by atoms with Crippen molar-refractivity contribution in [2.24, 2.45) is 0 Å². The zero-order valence-corrected chi connectivity index (χ0v) is 17.1. The average Bonchev–Trinajstić information content (AvgIpc) is 2.57. The maximum atomic E-state index is 12.6. The Kier molecular flexibility index (Phi) is 7.42. The van der Waals surface area contributed by atoms with Crippen molar-refractivity contribution in [3.05, 3.63) is 22.8 Å². The number of piperidine rings is 1. The van der Waals surface area contributed by atoms with Crippen LogP contribution in [0.1, 0.15) is 58.4 Å². The van der Waals surface area contributed by atoms with Crippen LogP contribution >= 0.6 is 11.6 Å². The number of alkyl halides is 3. The van der Waals surface area contributed by atoms with E-state index in [2.05, 4.69) is 4.98 Å². The highest BCUT2D eigenvalue weighted by Crippen LogP contribution is 2.33. The van der Waals surface area contributed by atoms with Crippen LogP contribution in [0.4, 0.5) is 18.0 Å². The lowest BCUT2D eigenvalue weighted by Gasteiger charge is -2.36. The summed E-state index contributed by atoms with van der Waals surface area (Å²) >= 11 is 5.83. The molecule has 0 saturated carbocycles. The smallest absolute Gasteiger partial charge is 0.417 e. The number of hydrogen-bond donors (Lipinski definition) is 0. The molecule has 28 heavy (non-hydrogen) atoms. The highest BCUT2D eigenvalue weighted by atomic mass is 35.5. The van der Waals surface area contributed by atoms with Crippen LogP contribution in [0.15, 0.2) is 12.3 Å². The molecular weight excluding hydrogens is 397 g/mol. The van der Waals surface area contributed by atoms with E-state index >= 15 is 0 Å². The molecule has 1 saturated heterocycles. The van der Waals surface area contributed by atoms with Crippen LogP contribution in [0.2, 0.25) is 5.02 Å². The molecule has 0 spiro atoms. The maximum Gasteiger partial charge on any atom is 0.417 e. The first-order chi connectivity index (χ1) is 13.0. The van der Waals surface area contributed by atoms with Gasteiger partial charge in [0.2, 0.25) is 5.88 Å². The van der Waals surface area contributed by atoms with E-state index in [-0.39, 0.29) is 29.6 Å². The fourth-order valence-electron chi connectivity index (χ4n) is 3.04. The Bertz CT molecular complexity index is 677. The Hall–Kier alpha value is -1.70. The predicted octanol–water partition coefficient (Wildman–Crippen LogP) is 5.70. The summed E-state index contributed by atoms with van der Waals surface area (Å²) in [5.74, 6) is -0.0256. The van der Waals surface area contributed by atoms with Crippen LogP contribution in [0.5, 0.6) is 5.88 Å². The van der Waals surface area contributed by atoms with Crippen LogP contribution in [-0.4, -0.2) is 40.8 Å². The van der Waals surface area contributed by atoms with Crippen molar-refractivity contribution in [2.75, 3.05) is 13.2 Å². The second-order valence-corrected chi connectivity index (χ2v) is 8.23. The number of carbonyl (C=O) groups is 1. The van der Waals surface area contributed by atoms with Crippen molar-refractivity contribution < 1.29 is 27.4 Å². The SMILES string of the molecule is CC(C)(C)OC(=O)N1CCCC[C@H]1CCCOc1ncc(C(F)(F)F)cc1Cl. The molecule has 1 aromatic rings. The van der Waals surface area contributed by atoms with Gasteiger partial charge in [-0.1, -0.05) is 11.6 Å². The third kappa shape index (κ3) is 6.72. The van der Waals surface area contributed by atoms with Gasteiger partial charge in [-0.15, -0.1) is 0 Å². The van der Waals surface area contributed by atoms with Gasteiger partial charge in [0.25, 0.3) is 0 Å². The van der Waals surface area contributed by atoms with Crippen molar-refractivity contribution >= 4 is 17.7 Å². The average molecular weight is 423 g/mol. The second-order valence-electron chi connectivity index (χ2n) is 7.82. The Morgan fingerprint density at radius 1 is 1.32 bits per heavy atom. The van der Waals surface area contributed by atoms with Gasteiger partial charge in [0.15, 0.2) is 0 Å². The number of aromatic nitrogens is 1. The van der Waals surface area contributed by atoms with E-state index in [1.807, 2.05) is 20.8 Å². The molecule has 1 fully saturated rings. The summed E-state index contributed by atoms with van der Waals surface area (Å²) in [5, 5.41) is -0.178. The van der Waals surface area contributed by atoms with Gasteiger partial charge in [0, 0.05) is 18.8 Å². The first-order valence-electron chi connectivity index (χ1n) is 9.32. The first kappa shape index (κ1) is 22.6. The molecule has 1 aliphatic heterocycles. The Morgan fingerprint density at radius 2 is 2.04 bits per heavy atom. The van der Waals surface area contributed by atoms with Crippen LogP contribution in [-0.2, 0) is 10.9 Å². The van der Waals surface area contributed by atoms with E-state index in [1.54, 1.807) is 4.90 Å². The molecule has 9 heteroatoms. The quantitative estimate of drug-likeness (QED) is 0.571. The third-order valence-electron chi connectivity index (χ3n) is 4.31. The van der Waals surface area contributed by atoms with Crippen molar-refractivity contribution in [1.82, 2.24) is 9.88 Å². The monoisotopic (exact) mass is 422 g/mol. The largest absolute Gasteiger partial charge is 0.477 e. The van der Waals surface area contributed by atoms with E-state index in [0.29, 0.717) is 25.6 Å². The first-order valence-corrected chi connectivity index (χ1v) is 9.70. The Labute approximate surface area is 168 Å². The molecule has 0 aromatic carbocycles. The van der Waals surface area contributed by atoms with E-state index in [1.165, 1.54) is 0 Å². The van der Waals surface area contributed by atoms with Crippen molar-refractivity contribution in [3.63, 3.8) is 0 Å². The lowest BCUT2D eigenvalue weighted by atomic mass is 9.98. The standard InChI is InChI=1S/C19H26ClF3N2O3/c1-18(2,3)28-17(26)25-9-5-4-7-14(25)8-6-10-27-16-15(20)11-13(12-24-16)19(21,22)23/h11-12,14H,4-10H2,1-3H3/t14-/m0/s1. The molecule has 2 rings (SSSR count). The molecule has 1 aliphatic rings. The Morgan fingerprint density at radius 3 is 2.64 bits per heavy atom. The molecule has 0 N–H and O–H groups in total. The number of rotatable bonds is 5. The zero-order valence-electron chi connectivity index (χ0n) is 16.3. The van der Waals surface area contributed by atoms with Crippen molar-refractivity contribution in [1.29, 1.82) is 0 Å². The lowest BCUT2D eigenvalue weighted by Crippen LogP contribution is -2.46. The number of halogens is 4. The number of hydrogen-bond acceptors (Lipinski definition) is 4. The summed E-state index contributed by atoms with van der Waals surface area (Å²) in [6.45, 7) is 6.40. The van der Waals surface area contributed by atoms with Gasteiger partial charge in [-0.2, -0.15) is 13.2 Å². The lowest BCUT2D eigenvalue weighted by molar-refractivity contribution is -0.137. The summed E-state index contributed by atoms with van der Waals surface area (Å²) in [5.41, 5.74) is -1.47. The van der Waals surface area contributed by atoms with E-state index in [0.717, 1.165) is 25.3 Å². The molecule has 158 valence electrons. The van der Waals surface area contributed by atoms with Crippen molar-refractivity contribution in [2.45, 2.75) is 70.7 Å².